The number of nitrogens with zero attached hydrogens (tertiary/aromatic N) is 2. The predicted molar refractivity (Wildman–Crippen MR) is 95.5 cm³/mol. The van der Waals surface area contributed by atoms with E-state index < -0.39 is 0 Å². The summed E-state index contributed by atoms with van der Waals surface area (Å²) in [5.74, 6) is 0.00677. The van der Waals surface area contributed by atoms with Gasteiger partial charge in [-0.15, -0.1) is 12.4 Å². The third kappa shape index (κ3) is 4.29. The molecule has 1 amide bonds. The molecular weight excluding hydrogens is 343 g/mol. The Bertz CT molecular complexity index is 522. The summed E-state index contributed by atoms with van der Waals surface area (Å²) in [4.78, 5) is 16.8. The van der Waals surface area contributed by atoms with Crippen LogP contribution in [-0.2, 0) is 0 Å². The number of rotatable bonds is 3. The lowest BCUT2D eigenvalue weighted by atomic mass is 9.88. The highest BCUT2D eigenvalue weighted by atomic mass is 35.5. The summed E-state index contributed by atoms with van der Waals surface area (Å²) in [6, 6.07) is 5.72. The third-order valence-electron chi connectivity index (χ3n) is 4.34. The average molecular weight is 366 g/mol. The zero-order valence-electron chi connectivity index (χ0n) is 13.2. The van der Waals surface area contributed by atoms with Crippen LogP contribution in [0.1, 0.15) is 36.0 Å². The van der Waals surface area contributed by atoms with Crippen LogP contribution in [0.5, 0.6) is 0 Å². The molecule has 0 saturated heterocycles. The largest absolute Gasteiger partial charge is 0.337 e. The van der Waals surface area contributed by atoms with Gasteiger partial charge >= 0.3 is 0 Å². The minimum absolute atomic E-state index is 0. The van der Waals surface area contributed by atoms with Gasteiger partial charge in [0.2, 0.25) is 0 Å². The Morgan fingerprint density at radius 3 is 2.18 bits per heavy atom. The molecule has 124 valence electrons. The van der Waals surface area contributed by atoms with E-state index in [9.17, 15) is 4.79 Å². The SMILES string of the molecule is CN(C)[C@H]1CCCC[C@@H]1N(C)C(=O)c1ccc(Cl)c(Cl)c1.Cl. The lowest BCUT2D eigenvalue weighted by molar-refractivity contribution is 0.0544. The molecule has 1 aromatic rings. The van der Waals surface area contributed by atoms with E-state index in [0.29, 0.717) is 21.7 Å². The normalized spacial score (nSPS) is 21.4. The molecule has 1 fully saturated rings. The highest BCUT2D eigenvalue weighted by Gasteiger charge is 2.32. The molecule has 0 aliphatic heterocycles. The Hall–Kier alpha value is -0.480. The highest BCUT2D eigenvalue weighted by Crippen LogP contribution is 2.28. The van der Waals surface area contributed by atoms with Gasteiger partial charge in [-0.3, -0.25) is 4.79 Å². The molecule has 0 heterocycles. The zero-order valence-corrected chi connectivity index (χ0v) is 15.5. The van der Waals surface area contributed by atoms with Crippen LogP contribution in [-0.4, -0.2) is 48.9 Å². The molecule has 2 atom stereocenters. The fourth-order valence-electron chi connectivity index (χ4n) is 3.13. The number of halogens is 3. The standard InChI is InChI=1S/C16H22Cl2N2O.ClH/c1-19(2)14-6-4-5-7-15(14)20(3)16(21)11-8-9-12(17)13(18)10-11;/h8-10,14-15H,4-7H2,1-3H3;1H/t14-,15-;/m0./s1. The van der Waals surface area contributed by atoms with Crippen LogP contribution in [0.4, 0.5) is 0 Å². The van der Waals surface area contributed by atoms with Gasteiger partial charge < -0.3 is 9.80 Å². The molecule has 6 heteroatoms. The van der Waals surface area contributed by atoms with Crippen molar-refractivity contribution >= 4 is 41.5 Å². The summed E-state index contributed by atoms with van der Waals surface area (Å²) in [6.45, 7) is 0. The van der Waals surface area contributed by atoms with E-state index in [-0.39, 0.29) is 24.4 Å². The van der Waals surface area contributed by atoms with Crippen molar-refractivity contribution in [2.75, 3.05) is 21.1 Å². The molecule has 2 rings (SSSR count). The first-order chi connectivity index (χ1) is 9.91. The molecule has 1 aromatic carbocycles. The summed E-state index contributed by atoms with van der Waals surface area (Å²) in [6.07, 6.45) is 4.59. The molecule has 0 unspecified atom stereocenters. The number of likely N-dealkylation sites (N-methyl/N-ethyl adjacent to an activating group) is 2. The third-order valence-corrected chi connectivity index (χ3v) is 5.08. The van der Waals surface area contributed by atoms with Crippen LogP contribution in [0.2, 0.25) is 10.0 Å². The van der Waals surface area contributed by atoms with E-state index in [1.54, 1.807) is 18.2 Å². The number of carbonyl (C=O) groups is 1. The number of carbonyl (C=O) groups excluding carboxylic acids is 1. The second-order valence-corrected chi connectivity index (χ2v) is 6.74. The van der Waals surface area contributed by atoms with Gasteiger partial charge in [-0.05, 0) is 45.1 Å². The first-order valence-corrected chi connectivity index (χ1v) is 8.06. The first kappa shape index (κ1) is 19.6. The van der Waals surface area contributed by atoms with Gasteiger partial charge in [-0.1, -0.05) is 36.0 Å². The first-order valence-electron chi connectivity index (χ1n) is 7.30. The van der Waals surface area contributed by atoms with Gasteiger partial charge in [0.15, 0.2) is 0 Å². The van der Waals surface area contributed by atoms with Crippen molar-refractivity contribution in [1.29, 1.82) is 0 Å². The monoisotopic (exact) mass is 364 g/mol. The molecular formula is C16H23Cl3N2O. The van der Waals surface area contributed by atoms with E-state index in [1.807, 2.05) is 11.9 Å². The van der Waals surface area contributed by atoms with Crippen molar-refractivity contribution in [2.45, 2.75) is 37.8 Å². The second-order valence-electron chi connectivity index (χ2n) is 5.93. The van der Waals surface area contributed by atoms with Gasteiger partial charge in [0.25, 0.3) is 5.91 Å². The number of amides is 1. The summed E-state index contributed by atoms with van der Waals surface area (Å²) in [5.41, 5.74) is 0.593. The minimum atomic E-state index is 0. The van der Waals surface area contributed by atoms with Crippen LogP contribution in [0.25, 0.3) is 0 Å². The maximum Gasteiger partial charge on any atom is 0.253 e. The van der Waals surface area contributed by atoms with Crippen LogP contribution in [0, 0.1) is 0 Å². The molecule has 1 aliphatic rings. The highest BCUT2D eigenvalue weighted by molar-refractivity contribution is 6.42. The van der Waals surface area contributed by atoms with Gasteiger partial charge in [-0.2, -0.15) is 0 Å². The molecule has 0 bridgehead atoms. The number of hydrogen-bond acceptors (Lipinski definition) is 2. The van der Waals surface area contributed by atoms with Gasteiger partial charge in [-0.25, -0.2) is 0 Å². The smallest absolute Gasteiger partial charge is 0.253 e. The lowest BCUT2D eigenvalue weighted by Crippen LogP contribution is -2.51. The Labute approximate surface area is 149 Å². The number of hydrogen-bond donors (Lipinski definition) is 0. The van der Waals surface area contributed by atoms with Crippen LogP contribution in [0.3, 0.4) is 0 Å². The Balaban J connectivity index is 0.00000242. The molecule has 1 saturated carbocycles. The predicted octanol–water partition coefficient (Wildman–Crippen LogP) is 4.36. The zero-order chi connectivity index (χ0) is 15.6. The van der Waals surface area contributed by atoms with Crippen molar-refractivity contribution in [3.63, 3.8) is 0 Å². The Morgan fingerprint density at radius 2 is 1.64 bits per heavy atom. The summed E-state index contributed by atoms with van der Waals surface area (Å²) in [7, 11) is 6.05. The van der Waals surface area contributed by atoms with E-state index >= 15 is 0 Å². The van der Waals surface area contributed by atoms with E-state index in [4.69, 9.17) is 23.2 Å². The van der Waals surface area contributed by atoms with Gasteiger partial charge in [0.1, 0.15) is 0 Å². The van der Waals surface area contributed by atoms with Crippen molar-refractivity contribution < 1.29 is 4.79 Å². The van der Waals surface area contributed by atoms with Gasteiger partial charge in [0, 0.05) is 24.7 Å². The fourth-order valence-corrected chi connectivity index (χ4v) is 3.43. The summed E-state index contributed by atoms with van der Waals surface area (Å²) < 4.78 is 0. The minimum Gasteiger partial charge on any atom is -0.337 e. The van der Waals surface area contributed by atoms with E-state index in [1.165, 1.54) is 12.8 Å². The Morgan fingerprint density at radius 1 is 1.05 bits per heavy atom. The lowest BCUT2D eigenvalue weighted by Gasteiger charge is -2.41. The maximum atomic E-state index is 12.7. The van der Waals surface area contributed by atoms with Crippen LogP contribution >= 0.6 is 35.6 Å². The molecule has 1 aliphatic carbocycles. The molecule has 22 heavy (non-hydrogen) atoms. The maximum absolute atomic E-state index is 12.7. The fraction of sp³-hybridized carbons (Fsp3) is 0.562. The van der Waals surface area contributed by atoms with Crippen LogP contribution < -0.4 is 0 Å². The molecule has 0 radical (unpaired) electrons. The van der Waals surface area contributed by atoms with Crippen molar-refractivity contribution in [1.82, 2.24) is 9.80 Å². The quantitative estimate of drug-likeness (QED) is 0.794. The van der Waals surface area contributed by atoms with Gasteiger partial charge in [0.05, 0.1) is 10.0 Å². The number of benzene rings is 1. The molecule has 3 nitrogen and oxygen atoms in total. The second kappa shape index (κ2) is 8.39. The Kier molecular flexibility index (Phi) is 7.47. The molecule has 0 spiro atoms. The average Bonchev–Trinajstić information content (AvgIpc) is 2.48. The van der Waals surface area contributed by atoms with Crippen molar-refractivity contribution in [2.24, 2.45) is 0 Å². The van der Waals surface area contributed by atoms with Crippen molar-refractivity contribution in [3.8, 4) is 0 Å². The van der Waals surface area contributed by atoms with Crippen LogP contribution in [0.15, 0.2) is 18.2 Å². The summed E-state index contributed by atoms with van der Waals surface area (Å²) in [5, 5.41) is 0.892. The molecule has 0 N–H and O–H groups in total. The summed E-state index contributed by atoms with van der Waals surface area (Å²) >= 11 is 11.9. The topological polar surface area (TPSA) is 23.6 Å². The molecule has 0 aromatic heterocycles. The van der Waals surface area contributed by atoms with Crippen molar-refractivity contribution in [3.05, 3.63) is 33.8 Å². The van der Waals surface area contributed by atoms with E-state index in [0.717, 1.165) is 12.8 Å². The van der Waals surface area contributed by atoms with E-state index in [2.05, 4.69) is 19.0 Å².